The molecule has 46 heavy (non-hydrogen) atoms. The molecule has 0 unspecified atom stereocenters. The number of hydrogen-bond donors (Lipinski definition) is 4. The Hall–Kier alpha value is -2.57. The summed E-state index contributed by atoms with van der Waals surface area (Å²) in [7, 11) is -5.78. The fraction of sp³-hybridized carbons (Fsp3) is 0.633. The maximum Gasteiger partial charge on any atom is 0.244 e. The van der Waals surface area contributed by atoms with Crippen molar-refractivity contribution >= 4 is 25.7 Å². The van der Waals surface area contributed by atoms with E-state index in [4.69, 9.17) is 14.2 Å². The van der Waals surface area contributed by atoms with Gasteiger partial charge in [-0.3, -0.25) is 0 Å². The van der Waals surface area contributed by atoms with E-state index in [2.05, 4.69) is 15.0 Å². The Bertz CT molecular complexity index is 1600. The van der Waals surface area contributed by atoms with Gasteiger partial charge in [0.25, 0.3) is 0 Å². The highest BCUT2D eigenvalue weighted by molar-refractivity contribution is 7.89. The highest BCUT2D eigenvalue weighted by atomic mass is 32.2. The van der Waals surface area contributed by atoms with Gasteiger partial charge in [0, 0.05) is 38.8 Å². The van der Waals surface area contributed by atoms with Crippen LogP contribution in [-0.4, -0.2) is 119 Å². The third kappa shape index (κ3) is 7.13. The third-order valence-electron chi connectivity index (χ3n) is 9.36. The first-order chi connectivity index (χ1) is 22.0. The zero-order valence-electron chi connectivity index (χ0n) is 25.9. The topological polar surface area (TPSA) is 180 Å². The van der Waals surface area contributed by atoms with Crippen molar-refractivity contribution < 1.29 is 41.3 Å². The highest BCUT2D eigenvalue weighted by Gasteiger charge is 2.45. The van der Waals surface area contributed by atoms with Crippen molar-refractivity contribution in [2.75, 3.05) is 57.9 Å². The van der Waals surface area contributed by atoms with Crippen molar-refractivity contribution in [3.8, 4) is 11.6 Å². The van der Waals surface area contributed by atoms with Crippen LogP contribution in [0.2, 0.25) is 0 Å². The first-order valence-electron chi connectivity index (χ1n) is 15.8. The van der Waals surface area contributed by atoms with Crippen LogP contribution in [-0.2, 0) is 24.8 Å². The smallest absolute Gasteiger partial charge is 0.244 e. The number of para-hydroxylation sites is 1. The SMILES string of the molecule is CN1CCOc2ncc(S(=O)(=O)N3CCC4(CC3)C[C@@H](NC[C@H](O)COc3ccccc3S(=O)(=O)N[C@@H]3CCC[C@@H]3O)CO4)cc21. The van der Waals surface area contributed by atoms with Crippen LogP contribution in [0.5, 0.6) is 11.6 Å². The van der Waals surface area contributed by atoms with Gasteiger partial charge in [-0.15, -0.1) is 0 Å². The van der Waals surface area contributed by atoms with E-state index >= 15 is 0 Å². The molecule has 0 bridgehead atoms. The first-order valence-corrected chi connectivity index (χ1v) is 18.7. The number of aliphatic hydroxyl groups is 2. The van der Waals surface area contributed by atoms with E-state index in [1.165, 1.54) is 22.6 Å². The monoisotopic (exact) mass is 681 g/mol. The summed E-state index contributed by atoms with van der Waals surface area (Å²) in [4.78, 5) is 6.28. The number of aliphatic hydroxyl groups excluding tert-OH is 2. The molecular formula is C30H43N5O9S2. The van der Waals surface area contributed by atoms with E-state index in [1.807, 2.05) is 11.9 Å². The molecule has 4 N–H and O–H groups in total. The molecule has 1 aromatic heterocycles. The molecule has 0 radical (unpaired) electrons. The summed E-state index contributed by atoms with van der Waals surface area (Å²) in [6, 6.07) is 7.28. The number of piperidine rings is 1. The van der Waals surface area contributed by atoms with Crippen LogP contribution in [0, 0.1) is 0 Å². The van der Waals surface area contributed by atoms with Gasteiger partial charge in [-0.2, -0.15) is 4.31 Å². The number of aromatic nitrogens is 1. The fourth-order valence-electron chi connectivity index (χ4n) is 6.63. The predicted octanol–water partition coefficient (Wildman–Crippen LogP) is 0.444. The summed E-state index contributed by atoms with van der Waals surface area (Å²) >= 11 is 0. The van der Waals surface area contributed by atoms with E-state index in [0.29, 0.717) is 76.5 Å². The van der Waals surface area contributed by atoms with E-state index in [-0.39, 0.29) is 34.7 Å². The number of anilines is 1. The molecule has 4 atom stereocenters. The van der Waals surface area contributed by atoms with E-state index in [1.54, 1.807) is 18.2 Å². The van der Waals surface area contributed by atoms with Gasteiger partial charge in [0.2, 0.25) is 25.9 Å². The Morgan fingerprint density at radius 1 is 1.15 bits per heavy atom. The Morgan fingerprint density at radius 3 is 2.70 bits per heavy atom. The van der Waals surface area contributed by atoms with Crippen molar-refractivity contribution in [1.82, 2.24) is 19.3 Å². The molecule has 1 aromatic carbocycles. The number of sulfonamides is 2. The van der Waals surface area contributed by atoms with Crippen LogP contribution >= 0.6 is 0 Å². The van der Waals surface area contributed by atoms with Crippen LogP contribution in [0.15, 0.2) is 46.3 Å². The van der Waals surface area contributed by atoms with E-state index in [0.717, 1.165) is 6.42 Å². The van der Waals surface area contributed by atoms with Crippen molar-refractivity contribution in [2.24, 2.45) is 0 Å². The molecule has 1 aliphatic carbocycles. The Morgan fingerprint density at radius 2 is 1.93 bits per heavy atom. The number of rotatable bonds is 11. The average Bonchev–Trinajstić information content (AvgIpc) is 3.64. The van der Waals surface area contributed by atoms with Gasteiger partial charge in [0.05, 0.1) is 31.1 Å². The van der Waals surface area contributed by atoms with Crippen molar-refractivity contribution in [3.63, 3.8) is 0 Å². The zero-order valence-corrected chi connectivity index (χ0v) is 27.5. The lowest BCUT2D eigenvalue weighted by Crippen LogP contribution is -2.47. The van der Waals surface area contributed by atoms with E-state index < -0.39 is 43.9 Å². The summed E-state index contributed by atoms with van der Waals surface area (Å²) in [5.41, 5.74) is 0.216. The molecule has 254 valence electrons. The quantitative estimate of drug-likeness (QED) is 0.258. The minimum Gasteiger partial charge on any atom is -0.489 e. The fourth-order valence-corrected chi connectivity index (χ4v) is 9.49. The molecule has 16 heteroatoms. The number of nitrogens with one attached hydrogen (secondary N) is 2. The van der Waals surface area contributed by atoms with Gasteiger partial charge < -0.3 is 34.6 Å². The molecule has 2 aromatic rings. The standard InChI is InChI=1S/C30H43N5O9S2/c1-34-13-14-42-29-25(34)15-23(18-32-29)46(40,41)35-11-9-30(10-12-35)16-21(19-44-30)31-17-22(36)20-43-27-7-2-3-8-28(27)45(38,39)33-24-5-4-6-26(24)37/h2-3,7-8,15,18,21-22,24,26,31,33,36-37H,4-6,9-14,16-17,19-20H2,1H3/t21-,22+,24-,26+/m1/s1. The molecular weight excluding hydrogens is 638 g/mol. The first kappa shape index (κ1) is 33.3. The maximum absolute atomic E-state index is 13.4. The third-order valence-corrected chi connectivity index (χ3v) is 12.8. The minimum atomic E-state index is -3.93. The summed E-state index contributed by atoms with van der Waals surface area (Å²) in [5, 5.41) is 24.0. The number of nitrogens with zero attached hydrogens (tertiary/aromatic N) is 3. The van der Waals surface area contributed by atoms with Crippen LogP contribution in [0.1, 0.15) is 38.5 Å². The number of hydrogen-bond acceptors (Lipinski definition) is 12. The van der Waals surface area contributed by atoms with Crippen LogP contribution in [0.4, 0.5) is 5.69 Å². The number of benzene rings is 1. The summed E-state index contributed by atoms with van der Waals surface area (Å²) in [5.74, 6) is 0.559. The summed E-state index contributed by atoms with van der Waals surface area (Å²) < 4.78 is 74.5. The number of likely N-dealkylation sites (N-methyl/N-ethyl adjacent to an activating group) is 1. The highest BCUT2D eigenvalue weighted by Crippen LogP contribution is 2.38. The molecule has 0 amide bonds. The van der Waals surface area contributed by atoms with Gasteiger partial charge in [-0.1, -0.05) is 12.1 Å². The molecule has 6 rings (SSSR count). The van der Waals surface area contributed by atoms with Crippen molar-refractivity contribution in [1.29, 1.82) is 0 Å². The molecule has 1 saturated carbocycles. The van der Waals surface area contributed by atoms with Crippen molar-refractivity contribution in [3.05, 3.63) is 36.5 Å². The van der Waals surface area contributed by atoms with Crippen LogP contribution < -0.4 is 24.4 Å². The zero-order chi connectivity index (χ0) is 32.5. The molecule has 14 nitrogen and oxygen atoms in total. The lowest BCUT2D eigenvalue weighted by molar-refractivity contribution is -0.0312. The van der Waals surface area contributed by atoms with Gasteiger partial charge >= 0.3 is 0 Å². The maximum atomic E-state index is 13.4. The van der Waals surface area contributed by atoms with Crippen LogP contribution in [0.25, 0.3) is 0 Å². The molecule has 3 fully saturated rings. The lowest BCUT2D eigenvalue weighted by atomic mass is 9.88. The molecule has 3 aliphatic heterocycles. The molecule has 4 heterocycles. The second kappa shape index (κ2) is 13.5. The Balaban J connectivity index is 0.974. The van der Waals surface area contributed by atoms with Crippen molar-refractivity contribution in [2.45, 2.75) is 78.2 Å². The Kier molecular flexibility index (Phi) is 9.79. The number of ether oxygens (including phenoxy) is 3. The van der Waals surface area contributed by atoms with Gasteiger partial charge in [-0.05, 0) is 56.7 Å². The Labute approximate surface area is 270 Å². The number of fused-ring (bicyclic) bond motifs is 1. The second-order valence-corrected chi connectivity index (χ2v) is 16.2. The summed E-state index contributed by atoms with van der Waals surface area (Å²) in [6.07, 6.45) is 3.37. The van der Waals surface area contributed by atoms with Gasteiger partial charge in [0.15, 0.2) is 0 Å². The lowest BCUT2D eigenvalue weighted by Gasteiger charge is -2.38. The molecule has 4 aliphatic rings. The normalized spacial score (nSPS) is 25.7. The second-order valence-electron chi connectivity index (χ2n) is 12.6. The summed E-state index contributed by atoms with van der Waals surface area (Å²) in [6.45, 7) is 2.32. The van der Waals surface area contributed by atoms with Crippen LogP contribution in [0.3, 0.4) is 0 Å². The van der Waals surface area contributed by atoms with Gasteiger partial charge in [0.1, 0.15) is 40.5 Å². The largest absolute Gasteiger partial charge is 0.489 e. The molecule has 1 spiro atoms. The minimum absolute atomic E-state index is 0.0344. The number of pyridine rings is 1. The molecule has 2 saturated heterocycles. The average molecular weight is 682 g/mol. The predicted molar refractivity (Wildman–Crippen MR) is 168 cm³/mol. The van der Waals surface area contributed by atoms with E-state index in [9.17, 15) is 27.0 Å². The van der Waals surface area contributed by atoms with Gasteiger partial charge in [-0.25, -0.2) is 26.5 Å².